The Hall–Kier alpha value is 0.590. The van der Waals surface area contributed by atoms with Gasteiger partial charge in [-0.05, 0) is 38.7 Å². The zero-order valence-electron chi connectivity index (χ0n) is 6.61. The van der Waals surface area contributed by atoms with E-state index in [2.05, 4.69) is 36.8 Å². The van der Waals surface area contributed by atoms with Crippen LogP contribution >= 0.6 is 43.2 Å². The summed E-state index contributed by atoms with van der Waals surface area (Å²) in [7, 11) is 0. The smallest absolute Gasteiger partial charge is 0.131 e. The van der Waals surface area contributed by atoms with E-state index in [1.807, 2.05) is 0 Å². The molecule has 0 saturated carbocycles. The lowest BCUT2D eigenvalue weighted by Gasteiger charge is -1.72. The van der Waals surface area contributed by atoms with Crippen molar-refractivity contribution in [2.24, 2.45) is 0 Å². The first-order chi connectivity index (χ1) is 4.91. The van der Waals surface area contributed by atoms with Gasteiger partial charge in [0.25, 0.3) is 0 Å². The van der Waals surface area contributed by atoms with E-state index in [0.717, 1.165) is 11.3 Å². The summed E-state index contributed by atoms with van der Waals surface area (Å²) in [6.45, 7) is -2.10. The van der Waals surface area contributed by atoms with Crippen LogP contribution in [0.1, 0.15) is 9.12 Å². The second-order valence-corrected chi connectivity index (χ2v) is 4.15. The summed E-state index contributed by atoms with van der Waals surface area (Å²) in [5, 5.41) is 0.149. The van der Waals surface area contributed by atoms with E-state index in [-0.39, 0.29) is 5.01 Å². The molecule has 0 aliphatic carbocycles. The second-order valence-electron chi connectivity index (χ2n) is 1.08. The lowest BCUT2D eigenvalue weighted by molar-refractivity contribution is 1.25. The fourth-order valence-electron chi connectivity index (χ4n) is 0.283. The number of aromatic nitrogens is 1. The highest BCUT2D eigenvalue weighted by Gasteiger charge is 1.99. The van der Waals surface area contributed by atoms with Crippen molar-refractivity contribution in [2.45, 2.75) is 6.85 Å². The summed E-state index contributed by atoms with van der Waals surface area (Å²) >= 11 is 7.40. The molecular formula is C4H3Br2NS. The molecule has 0 radical (unpaired) electrons. The van der Waals surface area contributed by atoms with Crippen LogP contribution in [0.15, 0.2) is 8.39 Å². The monoisotopic (exact) mass is 258 g/mol. The summed E-state index contributed by atoms with van der Waals surface area (Å²) < 4.78 is 22.3. The highest BCUT2D eigenvalue weighted by atomic mass is 79.9. The molecule has 1 aromatic rings. The van der Waals surface area contributed by atoms with Gasteiger partial charge in [0.2, 0.25) is 0 Å². The van der Waals surface area contributed by atoms with E-state index < -0.39 is 6.85 Å². The van der Waals surface area contributed by atoms with E-state index >= 15 is 0 Å². The SMILES string of the molecule is [2H]C([2H])([2H])c1nc(Br)c(Br)s1. The van der Waals surface area contributed by atoms with Crippen molar-refractivity contribution in [3.63, 3.8) is 0 Å². The highest BCUT2D eigenvalue weighted by molar-refractivity contribution is 9.13. The Labute approximate surface area is 72.6 Å². The highest BCUT2D eigenvalue weighted by Crippen LogP contribution is 2.27. The first-order valence-electron chi connectivity index (χ1n) is 3.23. The van der Waals surface area contributed by atoms with Crippen LogP contribution in [0.4, 0.5) is 0 Å². The molecule has 44 valence electrons. The summed E-state index contributed by atoms with van der Waals surface area (Å²) in [5.74, 6) is 0. The fraction of sp³-hybridized carbons (Fsp3) is 0.250. The minimum atomic E-state index is -2.10. The number of hydrogen-bond acceptors (Lipinski definition) is 2. The Bertz CT molecular complexity index is 249. The van der Waals surface area contributed by atoms with Gasteiger partial charge >= 0.3 is 0 Å². The van der Waals surface area contributed by atoms with Gasteiger partial charge in [-0.2, -0.15) is 0 Å². The van der Waals surface area contributed by atoms with Gasteiger partial charge in [-0.1, -0.05) is 0 Å². The number of nitrogens with zero attached hydrogens (tertiary/aromatic N) is 1. The molecule has 0 aliphatic heterocycles. The molecule has 1 heterocycles. The largest absolute Gasteiger partial charge is 0.233 e. The van der Waals surface area contributed by atoms with Crippen molar-refractivity contribution < 1.29 is 4.11 Å². The van der Waals surface area contributed by atoms with Crippen LogP contribution in [0.5, 0.6) is 0 Å². The molecule has 0 bridgehead atoms. The lowest BCUT2D eigenvalue weighted by atomic mass is 10.8. The molecule has 0 spiro atoms. The molecule has 0 amide bonds. The predicted octanol–water partition coefficient (Wildman–Crippen LogP) is 2.98. The number of aryl methyl sites for hydroxylation is 1. The molecule has 8 heavy (non-hydrogen) atoms. The summed E-state index contributed by atoms with van der Waals surface area (Å²) in [5.41, 5.74) is 0. The van der Waals surface area contributed by atoms with Crippen molar-refractivity contribution >= 4 is 43.2 Å². The van der Waals surface area contributed by atoms with Crippen LogP contribution in [0.25, 0.3) is 0 Å². The van der Waals surface area contributed by atoms with Crippen molar-refractivity contribution in [1.29, 1.82) is 0 Å². The third-order valence-electron chi connectivity index (χ3n) is 0.548. The van der Waals surface area contributed by atoms with Gasteiger partial charge in [0, 0.05) is 4.11 Å². The number of hydrogen-bond donors (Lipinski definition) is 0. The van der Waals surface area contributed by atoms with E-state index in [4.69, 9.17) is 4.11 Å². The van der Waals surface area contributed by atoms with Gasteiger partial charge in [0.1, 0.15) is 8.39 Å². The minimum Gasteiger partial charge on any atom is -0.233 e. The van der Waals surface area contributed by atoms with Crippen LogP contribution in [-0.2, 0) is 0 Å². The van der Waals surface area contributed by atoms with Crippen LogP contribution in [0.3, 0.4) is 0 Å². The molecule has 1 nitrogen and oxygen atoms in total. The standard InChI is InChI=1S/C4H3Br2NS/c1-2-7-3(5)4(6)8-2/h1H3/i1D3. The molecule has 0 saturated heterocycles. The average molecular weight is 260 g/mol. The molecule has 0 aromatic carbocycles. The van der Waals surface area contributed by atoms with E-state index in [0.29, 0.717) is 8.39 Å². The van der Waals surface area contributed by atoms with Gasteiger partial charge in [0.05, 0.1) is 5.01 Å². The Morgan fingerprint density at radius 3 is 2.75 bits per heavy atom. The molecule has 1 aromatic heterocycles. The molecule has 0 N–H and O–H groups in total. The fourth-order valence-corrected chi connectivity index (χ4v) is 1.81. The average Bonchev–Trinajstić information content (AvgIpc) is 2.11. The Balaban J connectivity index is 3.08. The molecule has 4 heteroatoms. The Morgan fingerprint density at radius 2 is 2.50 bits per heavy atom. The number of halogens is 2. The van der Waals surface area contributed by atoms with Gasteiger partial charge in [-0.3, -0.25) is 0 Å². The van der Waals surface area contributed by atoms with Crippen molar-refractivity contribution in [2.75, 3.05) is 0 Å². The van der Waals surface area contributed by atoms with E-state index in [1.165, 1.54) is 0 Å². The minimum absolute atomic E-state index is 0.149. The first-order valence-corrected chi connectivity index (χ1v) is 4.14. The zero-order chi connectivity index (χ0) is 8.65. The Morgan fingerprint density at radius 1 is 1.75 bits per heavy atom. The maximum atomic E-state index is 7.02. The van der Waals surface area contributed by atoms with Crippen molar-refractivity contribution in [3.05, 3.63) is 13.4 Å². The molecule has 0 aliphatic rings. The predicted molar refractivity (Wildman–Crippen MR) is 42.3 cm³/mol. The summed E-state index contributed by atoms with van der Waals surface area (Å²) in [4.78, 5) is 3.81. The second kappa shape index (κ2) is 2.45. The van der Waals surface area contributed by atoms with E-state index in [9.17, 15) is 0 Å². The van der Waals surface area contributed by atoms with Gasteiger partial charge in [-0.25, -0.2) is 4.98 Å². The quantitative estimate of drug-likeness (QED) is 0.698. The molecule has 0 fully saturated rings. The van der Waals surface area contributed by atoms with E-state index in [1.54, 1.807) is 0 Å². The topological polar surface area (TPSA) is 12.9 Å². The maximum absolute atomic E-state index is 7.02. The third-order valence-corrected chi connectivity index (χ3v) is 3.43. The van der Waals surface area contributed by atoms with Crippen LogP contribution < -0.4 is 0 Å². The third kappa shape index (κ3) is 1.30. The zero-order valence-corrected chi connectivity index (χ0v) is 7.60. The molecular weight excluding hydrogens is 254 g/mol. The maximum Gasteiger partial charge on any atom is 0.131 e. The van der Waals surface area contributed by atoms with Gasteiger partial charge < -0.3 is 0 Å². The van der Waals surface area contributed by atoms with Gasteiger partial charge in [0.15, 0.2) is 0 Å². The van der Waals surface area contributed by atoms with Gasteiger partial charge in [-0.15, -0.1) is 11.3 Å². The molecule has 0 atom stereocenters. The van der Waals surface area contributed by atoms with Crippen molar-refractivity contribution in [1.82, 2.24) is 4.98 Å². The number of rotatable bonds is 0. The molecule has 0 unspecified atom stereocenters. The molecule has 1 rings (SSSR count). The van der Waals surface area contributed by atoms with Crippen LogP contribution in [-0.4, -0.2) is 4.98 Å². The number of thiazole rings is 1. The van der Waals surface area contributed by atoms with Crippen LogP contribution in [0, 0.1) is 6.85 Å². The first kappa shape index (κ1) is 3.68. The lowest BCUT2D eigenvalue weighted by Crippen LogP contribution is -1.62. The summed E-state index contributed by atoms with van der Waals surface area (Å²) in [6, 6.07) is 0. The van der Waals surface area contributed by atoms with Crippen molar-refractivity contribution in [3.8, 4) is 0 Å². The normalized spacial score (nSPS) is 17.0. The summed E-state index contributed by atoms with van der Waals surface area (Å²) in [6.07, 6.45) is 0. The van der Waals surface area contributed by atoms with Crippen LogP contribution in [0.2, 0.25) is 0 Å². The Kier molecular flexibility index (Phi) is 1.13.